The molecule has 11 heteroatoms. The Bertz CT molecular complexity index is 805. The van der Waals surface area contributed by atoms with Crippen LogP contribution in [-0.4, -0.2) is 84.7 Å². The molecule has 2 N–H and O–H groups in total. The number of aliphatic carboxylic acids is 1. The Balaban J connectivity index is 0.000000509. The first kappa shape index (κ1) is 27.4. The topological polar surface area (TPSA) is 99.2 Å². The number of rotatable bonds is 6. The van der Waals surface area contributed by atoms with Crippen LogP contribution >= 0.6 is 0 Å². The van der Waals surface area contributed by atoms with Crippen LogP contribution in [0.4, 0.5) is 13.2 Å². The van der Waals surface area contributed by atoms with Crippen molar-refractivity contribution in [2.75, 3.05) is 39.8 Å². The van der Waals surface area contributed by atoms with E-state index < -0.39 is 12.1 Å². The predicted octanol–water partition coefficient (Wildman–Crippen LogP) is 2.93. The van der Waals surface area contributed by atoms with Gasteiger partial charge in [-0.2, -0.15) is 13.2 Å². The van der Waals surface area contributed by atoms with Crippen molar-refractivity contribution in [1.82, 2.24) is 15.1 Å². The van der Waals surface area contributed by atoms with E-state index in [2.05, 4.69) is 5.32 Å². The van der Waals surface area contributed by atoms with Gasteiger partial charge in [-0.1, -0.05) is 19.3 Å². The molecule has 2 aliphatic rings. The van der Waals surface area contributed by atoms with Gasteiger partial charge >= 0.3 is 12.1 Å². The quantitative estimate of drug-likeness (QED) is 0.640. The number of nitrogens with zero attached hydrogens (tertiary/aromatic N) is 2. The molecule has 0 radical (unpaired) electrons. The molecular formula is C23H32F3N3O5. The number of halogens is 3. The fraction of sp³-hybridized carbons (Fsp3) is 0.609. The highest BCUT2D eigenvalue weighted by Crippen LogP contribution is 2.25. The molecule has 1 aromatic carbocycles. The maximum Gasteiger partial charge on any atom is 0.490 e. The average molecular weight is 488 g/mol. The fourth-order valence-corrected chi connectivity index (χ4v) is 4.03. The number of nitrogens with one attached hydrogen (secondary N) is 1. The summed E-state index contributed by atoms with van der Waals surface area (Å²) in [6.45, 7) is 3.72. The Kier molecular flexibility index (Phi) is 10.6. The number of carbonyl (C=O) groups excluding carboxylic acids is 2. The third-order valence-electron chi connectivity index (χ3n) is 5.89. The Morgan fingerprint density at radius 3 is 2.15 bits per heavy atom. The number of hydrogen-bond acceptors (Lipinski definition) is 5. The number of amides is 2. The molecule has 8 nitrogen and oxygen atoms in total. The highest BCUT2D eigenvalue weighted by atomic mass is 19.4. The molecule has 0 atom stereocenters. The van der Waals surface area contributed by atoms with E-state index in [1.54, 1.807) is 7.11 Å². The number of hydrogen-bond donors (Lipinski definition) is 2. The minimum Gasteiger partial charge on any atom is -0.497 e. The molecule has 1 saturated heterocycles. The number of carboxylic acid groups (broad SMARTS) is 1. The van der Waals surface area contributed by atoms with E-state index in [0.29, 0.717) is 18.5 Å². The number of carboxylic acids is 1. The summed E-state index contributed by atoms with van der Waals surface area (Å²) in [5, 5.41) is 10.4. The van der Waals surface area contributed by atoms with E-state index in [1.165, 1.54) is 6.42 Å². The Labute approximate surface area is 197 Å². The molecule has 190 valence electrons. The summed E-state index contributed by atoms with van der Waals surface area (Å²) in [5.41, 5.74) is 0.663. The summed E-state index contributed by atoms with van der Waals surface area (Å²) >= 11 is 0. The number of methoxy groups -OCH3 is 1. The van der Waals surface area contributed by atoms with Gasteiger partial charge < -0.3 is 25.0 Å². The van der Waals surface area contributed by atoms with Crippen molar-refractivity contribution in [3.8, 4) is 5.75 Å². The summed E-state index contributed by atoms with van der Waals surface area (Å²) < 4.78 is 36.9. The first-order valence-corrected chi connectivity index (χ1v) is 11.4. The van der Waals surface area contributed by atoms with Gasteiger partial charge in [-0.05, 0) is 37.1 Å². The molecule has 2 amide bonds. The molecule has 0 bridgehead atoms. The smallest absolute Gasteiger partial charge is 0.490 e. The molecule has 1 aromatic rings. The van der Waals surface area contributed by atoms with Crippen LogP contribution in [0.3, 0.4) is 0 Å². The number of piperazine rings is 1. The molecule has 1 heterocycles. The molecule has 1 saturated carbocycles. The van der Waals surface area contributed by atoms with E-state index in [1.807, 2.05) is 34.1 Å². The van der Waals surface area contributed by atoms with Crippen molar-refractivity contribution in [3.05, 3.63) is 29.8 Å². The molecule has 1 aliphatic carbocycles. The van der Waals surface area contributed by atoms with Crippen molar-refractivity contribution in [2.45, 2.75) is 50.7 Å². The van der Waals surface area contributed by atoms with Gasteiger partial charge in [-0.25, -0.2) is 4.79 Å². The molecule has 34 heavy (non-hydrogen) atoms. The summed E-state index contributed by atoms with van der Waals surface area (Å²) in [5.74, 6) is -1.84. The zero-order chi connectivity index (χ0) is 25.1. The van der Waals surface area contributed by atoms with Crippen molar-refractivity contribution < 1.29 is 37.4 Å². The standard InChI is InChI=1S/C21H31N3O3.C2HF3O2/c1-27-19-9-7-17(8-10-19)21(26)24(18-5-3-2-4-6-18)14-11-20(25)23-15-12-22-13-16-23;3-2(4,5)1(6)7/h7-10,18,22H,2-6,11-16H2,1H3;(H,6,7). The van der Waals surface area contributed by atoms with E-state index in [-0.39, 0.29) is 17.9 Å². The zero-order valence-electron chi connectivity index (χ0n) is 19.3. The summed E-state index contributed by atoms with van der Waals surface area (Å²) in [6, 6.07) is 7.50. The van der Waals surface area contributed by atoms with Crippen molar-refractivity contribution >= 4 is 17.8 Å². The van der Waals surface area contributed by atoms with Crippen LogP contribution in [0, 0.1) is 0 Å². The molecule has 0 spiro atoms. The van der Waals surface area contributed by atoms with Gasteiger partial charge in [-0.3, -0.25) is 9.59 Å². The monoisotopic (exact) mass is 487 g/mol. The first-order chi connectivity index (χ1) is 16.1. The Hall–Kier alpha value is -2.82. The number of ether oxygens (including phenoxy) is 1. The van der Waals surface area contributed by atoms with Crippen LogP contribution < -0.4 is 10.1 Å². The van der Waals surface area contributed by atoms with Crippen molar-refractivity contribution in [1.29, 1.82) is 0 Å². The van der Waals surface area contributed by atoms with Crippen molar-refractivity contribution in [2.24, 2.45) is 0 Å². The van der Waals surface area contributed by atoms with Crippen LogP contribution in [0.5, 0.6) is 5.75 Å². The summed E-state index contributed by atoms with van der Waals surface area (Å²) in [7, 11) is 1.62. The van der Waals surface area contributed by atoms with Gasteiger partial charge in [-0.15, -0.1) is 0 Å². The van der Waals surface area contributed by atoms with E-state index in [4.69, 9.17) is 14.6 Å². The molecular weight excluding hydrogens is 455 g/mol. The minimum atomic E-state index is -5.08. The average Bonchev–Trinajstić information content (AvgIpc) is 2.85. The van der Waals surface area contributed by atoms with Crippen LogP contribution in [0.2, 0.25) is 0 Å². The normalized spacial score (nSPS) is 16.8. The van der Waals surface area contributed by atoms with Gasteiger partial charge in [0.2, 0.25) is 5.91 Å². The lowest BCUT2D eigenvalue weighted by Gasteiger charge is -2.35. The molecule has 0 aromatic heterocycles. The Morgan fingerprint density at radius 1 is 1.09 bits per heavy atom. The zero-order valence-corrected chi connectivity index (χ0v) is 19.3. The SMILES string of the molecule is COc1ccc(C(=O)N(CCC(=O)N2CCNCC2)C2CCCCC2)cc1.O=C(O)C(F)(F)F. The van der Waals surface area contributed by atoms with E-state index >= 15 is 0 Å². The maximum atomic E-state index is 13.2. The number of alkyl halides is 3. The molecule has 1 aliphatic heterocycles. The largest absolute Gasteiger partial charge is 0.497 e. The van der Waals surface area contributed by atoms with Crippen LogP contribution in [0.1, 0.15) is 48.9 Å². The third kappa shape index (κ3) is 8.51. The van der Waals surface area contributed by atoms with Gasteiger partial charge in [0.1, 0.15) is 5.75 Å². The predicted molar refractivity (Wildman–Crippen MR) is 119 cm³/mol. The van der Waals surface area contributed by atoms with Crippen LogP contribution in [0.15, 0.2) is 24.3 Å². The van der Waals surface area contributed by atoms with Gasteiger partial charge in [0, 0.05) is 50.7 Å². The van der Waals surface area contributed by atoms with Gasteiger partial charge in [0.05, 0.1) is 7.11 Å². The fourth-order valence-electron chi connectivity index (χ4n) is 4.03. The van der Waals surface area contributed by atoms with Crippen molar-refractivity contribution in [3.63, 3.8) is 0 Å². The second-order valence-electron chi connectivity index (χ2n) is 8.20. The van der Waals surface area contributed by atoms with Gasteiger partial charge in [0.25, 0.3) is 5.91 Å². The third-order valence-corrected chi connectivity index (χ3v) is 5.89. The summed E-state index contributed by atoms with van der Waals surface area (Å²) in [6.07, 6.45) is 0.929. The lowest BCUT2D eigenvalue weighted by Crippen LogP contribution is -2.48. The molecule has 2 fully saturated rings. The van der Waals surface area contributed by atoms with Gasteiger partial charge in [0.15, 0.2) is 0 Å². The summed E-state index contributed by atoms with van der Waals surface area (Å²) in [4.78, 5) is 38.5. The van der Waals surface area contributed by atoms with Crippen LogP contribution in [-0.2, 0) is 9.59 Å². The second-order valence-corrected chi connectivity index (χ2v) is 8.20. The lowest BCUT2D eigenvalue weighted by molar-refractivity contribution is -0.192. The second kappa shape index (κ2) is 13.2. The Morgan fingerprint density at radius 2 is 1.65 bits per heavy atom. The number of benzene rings is 1. The molecule has 3 rings (SSSR count). The number of carbonyl (C=O) groups is 3. The lowest BCUT2D eigenvalue weighted by atomic mass is 9.93. The molecule has 0 unspecified atom stereocenters. The highest BCUT2D eigenvalue weighted by molar-refractivity contribution is 5.94. The highest BCUT2D eigenvalue weighted by Gasteiger charge is 2.38. The minimum absolute atomic E-state index is 0.0256. The van der Waals surface area contributed by atoms with E-state index in [0.717, 1.165) is 57.6 Å². The maximum absolute atomic E-state index is 13.2. The first-order valence-electron chi connectivity index (χ1n) is 11.4. The van der Waals surface area contributed by atoms with Crippen LogP contribution in [0.25, 0.3) is 0 Å². The van der Waals surface area contributed by atoms with E-state index in [9.17, 15) is 22.8 Å².